The molecule has 0 unspecified atom stereocenters. The molecule has 0 fully saturated rings. The van der Waals surface area contributed by atoms with Gasteiger partial charge in [0, 0.05) is 39.0 Å². The Bertz CT molecular complexity index is 3050. The molecule has 5 aromatic heterocycles. The third-order valence-corrected chi connectivity index (χ3v) is 12.1. The van der Waals surface area contributed by atoms with Gasteiger partial charge in [0.2, 0.25) is 0 Å². The number of aromatic nitrogens is 6. The lowest BCUT2D eigenvalue weighted by Gasteiger charge is -2.26. The van der Waals surface area contributed by atoms with Crippen LogP contribution in [0, 0.1) is 0 Å². The van der Waals surface area contributed by atoms with E-state index in [0.29, 0.717) is 0 Å². The van der Waals surface area contributed by atoms with Crippen LogP contribution < -0.4 is 0 Å². The van der Waals surface area contributed by atoms with Crippen molar-refractivity contribution in [3.63, 3.8) is 0 Å². The summed E-state index contributed by atoms with van der Waals surface area (Å²) in [5.41, 5.74) is 14.2. The standard InChI is InChI=1S/C53H56N6/c1-50(2,3)33-17-22-46-41(28-33)40-20-21-42(44-31-43(56-57-44)32-25-35(52(7,8)9)27-36(26-32)53(10,11)12)55-49(40)58(46)37-18-19-39-38-15-13-14-16-45(38)59(47(39)30-37)48-29-34(23-24-54-48)51(4,5)6/h13-31H,1-12H3,(H,56,57). The minimum absolute atomic E-state index is 0.00606. The molecule has 0 amide bonds. The molecule has 5 heterocycles. The van der Waals surface area contributed by atoms with E-state index in [9.17, 15) is 0 Å². The van der Waals surface area contributed by atoms with Gasteiger partial charge in [-0.05, 0) is 117 Å². The summed E-state index contributed by atoms with van der Waals surface area (Å²) in [5, 5.41) is 12.9. The second kappa shape index (κ2) is 13.3. The first-order valence-corrected chi connectivity index (χ1v) is 20.9. The average molecular weight is 777 g/mol. The van der Waals surface area contributed by atoms with Gasteiger partial charge in [-0.1, -0.05) is 119 Å². The molecular weight excluding hydrogens is 721 g/mol. The minimum Gasteiger partial charge on any atom is -0.294 e. The van der Waals surface area contributed by atoms with Gasteiger partial charge in [-0.2, -0.15) is 5.10 Å². The molecule has 0 aliphatic rings. The Hall–Kier alpha value is -6.01. The van der Waals surface area contributed by atoms with Crippen LogP contribution in [-0.4, -0.2) is 29.3 Å². The zero-order chi connectivity index (χ0) is 41.8. The van der Waals surface area contributed by atoms with Gasteiger partial charge in [0.15, 0.2) is 0 Å². The van der Waals surface area contributed by atoms with Crippen LogP contribution in [0.1, 0.15) is 105 Å². The van der Waals surface area contributed by atoms with Gasteiger partial charge in [0.25, 0.3) is 0 Å². The molecule has 0 spiro atoms. The summed E-state index contributed by atoms with van der Waals surface area (Å²) in [5.74, 6) is 0.913. The monoisotopic (exact) mass is 776 g/mol. The maximum absolute atomic E-state index is 5.49. The number of pyridine rings is 2. The highest BCUT2D eigenvalue weighted by atomic mass is 15.1. The SMILES string of the molecule is CC(C)(C)c1cc(-c2cc(-c3ccc4c5cc(C(C)(C)C)ccc5n(-c5ccc6c7ccccc7n(-c7cc(C(C)(C)C)ccn7)c6c5)c4n3)[nH]n2)cc(C(C)(C)C)c1. The van der Waals surface area contributed by atoms with Crippen LogP contribution in [0.4, 0.5) is 0 Å². The summed E-state index contributed by atoms with van der Waals surface area (Å²) in [6.45, 7) is 27.2. The summed E-state index contributed by atoms with van der Waals surface area (Å²) in [7, 11) is 0. The van der Waals surface area contributed by atoms with Gasteiger partial charge in [0.05, 0.1) is 33.6 Å². The largest absolute Gasteiger partial charge is 0.294 e. The van der Waals surface area contributed by atoms with Gasteiger partial charge in [-0.15, -0.1) is 0 Å². The lowest BCUT2D eigenvalue weighted by atomic mass is 9.79. The van der Waals surface area contributed by atoms with Crippen molar-refractivity contribution in [2.75, 3.05) is 0 Å². The quantitative estimate of drug-likeness (QED) is 0.194. The zero-order valence-corrected chi connectivity index (χ0v) is 36.7. The molecule has 0 aliphatic carbocycles. The maximum atomic E-state index is 5.49. The van der Waals surface area contributed by atoms with Crippen molar-refractivity contribution in [1.29, 1.82) is 0 Å². The third kappa shape index (κ3) is 6.73. The van der Waals surface area contributed by atoms with Crippen molar-refractivity contribution in [1.82, 2.24) is 29.3 Å². The molecule has 59 heavy (non-hydrogen) atoms. The van der Waals surface area contributed by atoms with Crippen LogP contribution in [0.25, 0.3) is 77.9 Å². The Labute approximate surface area is 348 Å². The summed E-state index contributed by atoms with van der Waals surface area (Å²) in [6, 6.07) is 40.2. The van der Waals surface area contributed by atoms with Gasteiger partial charge in [-0.3, -0.25) is 14.2 Å². The smallest absolute Gasteiger partial charge is 0.146 e. The topological polar surface area (TPSA) is 64.3 Å². The van der Waals surface area contributed by atoms with E-state index in [-0.39, 0.29) is 21.7 Å². The van der Waals surface area contributed by atoms with E-state index in [1.54, 1.807) is 0 Å². The Balaban J connectivity index is 1.26. The van der Waals surface area contributed by atoms with Gasteiger partial charge < -0.3 is 0 Å². The number of hydrogen-bond donors (Lipinski definition) is 1. The van der Waals surface area contributed by atoms with Crippen molar-refractivity contribution >= 4 is 43.7 Å². The first kappa shape index (κ1) is 38.5. The molecule has 0 radical (unpaired) electrons. The molecular formula is C53H56N6. The predicted molar refractivity (Wildman–Crippen MR) is 249 cm³/mol. The normalized spacial score (nSPS) is 13.1. The number of hydrogen-bond acceptors (Lipinski definition) is 3. The number of fused-ring (bicyclic) bond motifs is 6. The number of nitrogens with one attached hydrogen (secondary N) is 1. The van der Waals surface area contributed by atoms with E-state index in [1.165, 1.54) is 38.4 Å². The molecule has 9 rings (SSSR count). The fraction of sp³-hybridized carbons (Fsp3) is 0.302. The van der Waals surface area contributed by atoms with Gasteiger partial charge in [-0.25, -0.2) is 9.97 Å². The number of para-hydroxylation sites is 1. The number of H-pyrrole nitrogens is 1. The fourth-order valence-corrected chi connectivity index (χ4v) is 8.36. The first-order chi connectivity index (χ1) is 27.8. The van der Waals surface area contributed by atoms with E-state index >= 15 is 0 Å². The average Bonchev–Trinajstić information content (AvgIpc) is 3.89. The summed E-state index contributed by atoms with van der Waals surface area (Å²) in [6.07, 6.45) is 1.94. The highest BCUT2D eigenvalue weighted by molar-refractivity contribution is 6.11. The molecule has 0 saturated carbocycles. The fourth-order valence-electron chi connectivity index (χ4n) is 8.36. The molecule has 0 atom stereocenters. The van der Waals surface area contributed by atoms with E-state index < -0.39 is 0 Å². The number of nitrogens with zero attached hydrogens (tertiary/aromatic N) is 5. The van der Waals surface area contributed by atoms with E-state index in [0.717, 1.165) is 61.7 Å². The molecule has 6 nitrogen and oxygen atoms in total. The highest BCUT2D eigenvalue weighted by Gasteiger charge is 2.24. The molecule has 6 heteroatoms. The summed E-state index contributed by atoms with van der Waals surface area (Å²) >= 11 is 0. The Morgan fingerprint density at radius 3 is 1.78 bits per heavy atom. The predicted octanol–water partition coefficient (Wildman–Crippen LogP) is 13.9. The maximum Gasteiger partial charge on any atom is 0.146 e. The summed E-state index contributed by atoms with van der Waals surface area (Å²) < 4.78 is 4.65. The van der Waals surface area contributed by atoms with Crippen LogP contribution in [0.2, 0.25) is 0 Å². The van der Waals surface area contributed by atoms with Gasteiger partial charge >= 0.3 is 0 Å². The van der Waals surface area contributed by atoms with E-state index in [4.69, 9.17) is 15.1 Å². The molecule has 9 aromatic rings. The van der Waals surface area contributed by atoms with Crippen molar-refractivity contribution in [3.05, 3.63) is 138 Å². The Morgan fingerprint density at radius 1 is 0.458 bits per heavy atom. The lowest BCUT2D eigenvalue weighted by Crippen LogP contribution is -2.16. The van der Waals surface area contributed by atoms with Crippen LogP contribution >= 0.6 is 0 Å². The number of rotatable bonds is 4. The van der Waals surface area contributed by atoms with E-state index in [2.05, 4.69) is 207 Å². The second-order valence-corrected chi connectivity index (χ2v) is 20.6. The van der Waals surface area contributed by atoms with Crippen molar-refractivity contribution in [2.45, 2.75) is 105 Å². The number of benzene rings is 4. The molecule has 0 bridgehead atoms. The lowest BCUT2D eigenvalue weighted by molar-refractivity contribution is 0.569. The third-order valence-electron chi connectivity index (χ3n) is 12.1. The molecule has 0 saturated heterocycles. The van der Waals surface area contributed by atoms with Crippen LogP contribution in [0.5, 0.6) is 0 Å². The molecule has 0 aliphatic heterocycles. The van der Waals surface area contributed by atoms with Crippen molar-refractivity contribution in [2.24, 2.45) is 0 Å². The molecule has 1 N–H and O–H groups in total. The van der Waals surface area contributed by atoms with Gasteiger partial charge in [0.1, 0.15) is 11.5 Å². The molecule has 4 aromatic carbocycles. The van der Waals surface area contributed by atoms with Crippen LogP contribution in [0.3, 0.4) is 0 Å². The zero-order valence-electron chi connectivity index (χ0n) is 36.7. The molecule has 298 valence electrons. The first-order valence-electron chi connectivity index (χ1n) is 20.9. The van der Waals surface area contributed by atoms with E-state index in [1.807, 2.05) is 6.20 Å². The summed E-state index contributed by atoms with van der Waals surface area (Å²) in [4.78, 5) is 10.4. The van der Waals surface area contributed by atoms with Crippen LogP contribution in [0.15, 0.2) is 115 Å². The highest BCUT2D eigenvalue weighted by Crippen LogP contribution is 2.40. The van der Waals surface area contributed by atoms with Crippen molar-refractivity contribution in [3.8, 4) is 34.2 Å². The Morgan fingerprint density at radius 2 is 1.08 bits per heavy atom. The van der Waals surface area contributed by atoms with Crippen LogP contribution in [-0.2, 0) is 21.7 Å². The Kier molecular flexibility index (Phi) is 8.65. The minimum atomic E-state index is -0.0128. The second-order valence-electron chi connectivity index (χ2n) is 20.6. The number of aromatic amines is 1. The van der Waals surface area contributed by atoms with Crippen molar-refractivity contribution < 1.29 is 0 Å².